The molecule has 0 aliphatic carbocycles. The minimum atomic E-state index is -0.0569. The van der Waals surface area contributed by atoms with Crippen molar-refractivity contribution >= 4 is 29.6 Å². The predicted octanol–water partition coefficient (Wildman–Crippen LogP) is 4.20. The standard InChI is InChI=1S/C13H25NOS2/c1-3-4-5-6-7-8-11(2)14(13(15)16)9-12-10-17-12/h11-12H,3-10H2,1-2H3,(H,15,16). The summed E-state index contributed by atoms with van der Waals surface area (Å²) >= 11 is 5.93. The zero-order valence-corrected chi connectivity index (χ0v) is 12.7. The van der Waals surface area contributed by atoms with Gasteiger partial charge in [0.1, 0.15) is 0 Å². The number of unbranched alkanes of at least 4 members (excludes halogenated alkanes) is 4. The minimum absolute atomic E-state index is 0.0569. The van der Waals surface area contributed by atoms with E-state index in [1.165, 1.54) is 37.9 Å². The van der Waals surface area contributed by atoms with Crippen molar-refractivity contribution in [3.8, 4) is 0 Å². The first kappa shape index (κ1) is 15.2. The van der Waals surface area contributed by atoms with Gasteiger partial charge in [-0.2, -0.15) is 11.8 Å². The molecule has 1 aliphatic heterocycles. The average Bonchev–Trinajstić information content (AvgIpc) is 3.08. The maximum Gasteiger partial charge on any atom is 0.278 e. The van der Waals surface area contributed by atoms with Gasteiger partial charge in [-0.05, 0) is 13.3 Å². The summed E-state index contributed by atoms with van der Waals surface area (Å²) in [7, 11) is 0. The molecule has 0 bridgehead atoms. The van der Waals surface area contributed by atoms with Crippen LogP contribution in [0, 0.1) is 0 Å². The number of nitrogens with zero attached hydrogens (tertiary/aromatic N) is 1. The Morgan fingerprint density at radius 2 is 2.06 bits per heavy atom. The molecule has 1 fully saturated rings. The number of thioether (sulfide) groups is 1. The topological polar surface area (TPSA) is 20.3 Å². The normalized spacial score (nSPS) is 20.1. The van der Waals surface area contributed by atoms with Crippen LogP contribution in [-0.4, -0.2) is 33.7 Å². The number of carbonyl (C=O) groups excluding carboxylic acids is 1. The largest absolute Gasteiger partial charge is 0.330 e. The molecule has 0 N–H and O–H groups in total. The van der Waals surface area contributed by atoms with E-state index in [0.717, 1.165) is 13.0 Å². The molecule has 2 atom stereocenters. The highest BCUT2D eigenvalue weighted by molar-refractivity contribution is 8.06. The summed E-state index contributed by atoms with van der Waals surface area (Å²) in [5, 5.41) is 0.618. The van der Waals surface area contributed by atoms with Gasteiger partial charge in [0.2, 0.25) is 0 Å². The zero-order valence-electron chi connectivity index (χ0n) is 11.0. The lowest BCUT2D eigenvalue weighted by molar-refractivity contribution is 0.201. The van der Waals surface area contributed by atoms with E-state index in [1.54, 1.807) is 0 Å². The molecule has 0 saturated carbocycles. The van der Waals surface area contributed by atoms with Crippen LogP contribution in [0.25, 0.3) is 0 Å². The highest BCUT2D eigenvalue weighted by Gasteiger charge is 2.28. The number of hydrogen-bond donors (Lipinski definition) is 1. The van der Waals surface area contributed by atoms with Gasteiger partial charge in [-0.3, -0.25) is 4.79 Å². The zero-order chi connectivity index (χ0) is 12.7. The van der Waals surface area contributed by atoms with Crippen LogP contribution in [0.4, 0.5) is 4.79 Å². The summed E-state index contributed by atoms with van der Waals surface area (Å²) in [6, 6.07) is 0.350. The summed E-state index contributed by atoms with van der Waals surface area (Å²) in [5.74, 6) is 1.21. The molecule has 1 aliphatic rings. The van der Waals surface area contributed by atoms with Crippen molar-refractivity contribution in [2.75, 3.05) is 12.3 Å². The fourth-order valence-corrected chi connectivity index (χ4v) is 2.82. The Bertz CT molecular complexity index is 231. The monoisotopic (exact) mass is 275 g/mol. The molecule has 0 aromatic rings. The Kier molecular flexibility index (Phi) is 7.44. The van der Waals surface area contributed by atoms with Gasteiger partial charge >= 0.3 is 0 Å². The van der Waals surface area contributed by atoms with Crippen LogP contribution >= 0.6 is 24.4 Å². The number of hydrogen-bond acceptors (Lipinski definition) is 2. The van der Waals surface area contributed by atoms with Crippen molar-refractivity contribution in [2.24, 2.45) is 0 Å². The number of thiol groups is 1. The Hall–Kier alpha value is 0.170. The van der Waals surface area contributed by atoms with Crippen molar-refractivity contribution in [3.05, 3.63) is 0 Å². The first-order valence-electron chi connectivity index (χ1n) is 6.76. The molecule has 1 saturated heterocycles. The van der Waals surface area contributed by atoms with E-state index in [-0.39, 0.29) is 5.24 Å². The van der Waals surface area contributed by atoms with Crippen LogP contribution in [0.2, 0.25) is 0 Å². The SMILES string of the molecule is CCCCCCCC(C)N(CC1CS1)C(=O)S. The van der Waals surface area contributed by atoms with E-state index in [1.807, 2.05) is 16.7 Å². The van der Waals surface area contributed by atoms with E-state index < -0.39 is 0 Å². The third kappa shape index (κ3) is 6.61. The van der Waals surface area contributed by atoms with E-state index in [2.05, 4.69) is 26.5 Å². The van der Waals surface area contributed by atoms with Crippen LogP contribution in [0.1, 0.15) is 52.4 Å². The molecule has 2 unspecified atom stereocenters. The van der Waals surface area contributed by atoms with Crippen molar-refractivity contribution in [1.29, 1.82) is 0 Å². The molecular formula is C13H25NOS2. The van der Waals surface area contributed by atoms with Gasteiger partial charge in [-0.15, -0.1) is 0 Å². The van der Waals surface area contributed by atoms with E-state index in [0.29, 0.717) is 11.3 Å². The van der Waals surface area contributed by atoms with E-state index in [4.69, 9.17) is 0 Å². The highest BCUT2D eigenvalue weighted by Crippen LogP contribution is 2.31. The van der Waals surface area contributed by atoms with Crippen LogP contribution in [-0.2, 0) is 0 Å². The fraction of sp³-hybridized carbons (Fsp3) is 0.923. The molecule has 1 heterocycles. The van der Waals surface area contributed by atoms with Crippen molar-refractivity contribution < 1.29 is 4.79 Å². The van der Waals surface area contributed by atoms with Gasteiger partial charge in [0, 0.05) is 23.6 Å². The van der Waals surface area contributed by atoms with Gasteiger partial charge < -0.3 is 4.90 Å². The van der Waals surface area contributed by atoms with Gasteiger partial charge in [0.25, 0.3) is 5.24 Å². The van der Waals surface area contributed by atoms with Crippen LogP contribution in [0.3, 0.4) is 0 Å². The summed E-state index contributed by atoms with van der Waals surface area (Å²) in [6.45, 7) is 5.28. The summed E-state index contributed by atoms with van der Waals surface area (Å²) in [4.78, 5) is 13.4. The van der Waals surface area contributed by atoms with E-state index >= 15 is 0 Å². The maximum atomic E-state index is 11.5. The Morgan fingerprint density at radius 3 is 2.59 bits per heavy atom. The van der Waals surface area contributed by atoms with Gasteiger partial charge in [0.15, 0.2) is 0 Å². The fourth-order valence-electron chi connectivity index (χ4n) is 2.04. The lowest BCUT2D eigenvalue weighted by atomic mass is 10.1. The Morgan fingerprint density at radius 1 is 1.41 bits per heavy atom. The molecule has 0 aromatic carbocycles. The predicted molar refractivity (Wildman–Crippen MR) is 80.2 cm³/mol. The molecule has 1 rings (SSSR count). The molecule has 100 valence electrons. The van der Waals surface area contributed by atoms with Gasteiger partial charge in [-0.25, -0.2) is 0 Å². The second-order valence-corrected chi connectivity index (χ2v) is 6.66. The first-order chi connectivity index (χ1) is 8.15. The average molecular weight is 275 g/mol. The molecule has 0 spiro atoms. The Labute approximate surface area is 115 Å². The van der Waals surface area contributed by atoms with Gasteiger partial charge in [0.05, 0.1) is 0 Å². The lowest BCUT2D eigenvalue weighted by Crippen LogP contribution is -2.37. The number of carbonyl (C=O) groups is 1. The highest BCUT2D eigenvalue weighted by atomic mass is 32.2. The van der Waals surface area contributed by atoms with Crippen LogP contribution in [0.15, 0.2) is 0 Å². The number of rotatable bonds is 9. The first-order valence-corrected chi connectivity index (χ1v) is 8.26. The van der Waals surface area contributed by atoms with Crippen LogP contribution < -0.4 is 0 Å². The second-order valence-electron chi connectivity index (χ2n) is 4.94. The molecule has 17 heavy (non-hydrogen) atoms. The third-order valence-corrected chi connectivity index (χ3v) is 4.52. The Balaban J connectivity index is 2.17. The van der Waals surface area contributed by atoms with E-state index in [9.17, 15) is 4.79 Å². The summed E-state index contributed by atoms with van der Waals surface area (Å²) < 4.78 is 0. The van der Waals surface area contributed by atoms with Crippen LogP contribution in [0.5, 0.6) is 0 Å². The quantitative estimate of drug-likeness (QED) is 0.386. The van der Waals surface area contributed by atoms with Crippen molar-refractivity contribution in [3.63, 3.8) is 0 Å². The lowest BCUT2D eigenvalue weighted by Gasteiger charge is -2.27. The summed E-state index contributed by atoms with van der Waals surface area (Å²) in [5.41, 5.74) is 0. The number of amides is 1. The van der Waals surface area contributed by atoms with Crippen molar-refractivity contribution in [1.82, 2.24) is 4.90 Å². The molecule has 0 aromatic heterocycles. The summed E-state index contributed by atoms with van der Waals surface area (Å²) in [6.07, 6.45) is 7.60. The smallest absolute Gasteiger partial charge is 0.278 e. The molecular weight excluding hydrogens is 250 g/mol. The molecule has 1 amide bonds. The molecule has 0 radical (unpaired) electrons. The van der Waals surface area contributed by atoms with Crippen molar-refractivity contribution in [2.45, 2.75) is 63.7 Å². The molecule has 2 nitrogen and oxygen atoms in total. The molecule has 4 heteroatoms. The van der Waals surface area contributed by atoms with Gasteiger partial charge in [-0.1, -0.05) is 51.7 Å². The maximum absolute atomic E-state index is 11.5. The third-order valence-electron chi connectivity index (χ3n) is 3.31. The minimum Gasteiger partial charge on any atom is -0.330 e. The second kappa shape index (κ2) is 8.30.